The topological polar surface area (TPSA) is 24.1 Å². The van der Waals surface area contributed by atoms with Crippen molar-refractivity contribution in [1.82, 2.24) is 0 Å². The molecule has 1 heterocycles. The second-order valence-electron chi connectivity index (χ2n) is 13.1. The van der Waals surface area contributed by atoms with Gasteiger partial charge in [0.1, 0.15) is 52.7 Å². The summed E-state index contributed by atoms with van der Waals surface area (Å²) in [5, 5.41) is 11.1. The Morgan fingerprint density at radius 3 is 0.937 bits per heavy atom. The molecule has 1 N–H and O–H groups in total. The molecule has 0 saturated heterocycles. The van der Waals surface area contributed by atoms with Gasteiger partial charge in [0.05, 0.1) is 5.39 Å². The first kappa shape index (κ1) is 45.7. The fourth-order valence-electron chi connectivity index (χ4n) is 7.11. The average Bonchev–Trinajstić information content (AvgIpc) is 3.27. The number of benzene rings is 6. The fraction of sp³-hybridized carbons (Fsp3) is 0.0250. The maximum Gasteiger partial charge on any atom is 0.254 e. The Hall–Kier alpha value is -6.81. The van der Waals surface area contributed by atoms with E-state index in [0.717, 1.165) is 17.4 Å². The maximum atomic E-state index is 15.4. The van der Waals surface area contributed by atoms with Crippen LogP contribution in [0.15, 0.2) is 66.9 Å². The van der Waals surface area contributed by atoms with Gasteiger partial charge in [0.2, 0.25) is 0 Å². The molecule has 0 aliphatic rings. The number of pyridine rings is 1. The number of phenols is 1. The second-order valence-corrected chi connectivity index (χ2v) is 13.1. The maximum absolute atomic E-state index is 15.4. The van der Waals surface area contributed by atoms with Crippen LogP contribution in [0.5, 0.6) is 5.75 Å². The van der Waals surface area contributed by atoms with Crippen LogP contribution in [0.1, 0.15) is 5.56 Å². The van der Waals surface area contributed by atoms with Gasteiger partial charge in [-0.3, -0.25) is 0 Å². The predicted molar refractivity (Wildman–Crippen MR) is 181 cm³/mol. The molecule has 328 valence electrons. The van der Waals surface area contributed by atoms with E-state index in [1.165, 1.54) is 5.56 Å². The molecule has 23 heteroatoms. The number of fused-ring (bicyclic) bond motifs is 1. The number of aromatic hydroxyl groups is 1. The third kappa shape index (κ3) is 7.02. The molecule has 7 aromatic rings. The molecule has 0 amide bonds. The van der Waals surface area contributed by atoms with Crippen LogP contribution < -0.4 is 26.4 Å². The highest BCUT2D eigenvalue weighted by atomic mass is 19.2. The molecule has 2 nitrogen and oxygen atoms in total. The van der Waals surface area contributed by atoms with Crippen LogP contribution >= 0.6 is 0 Å². The Bertz CT molecular complexity index is 2610. The van der Waals surface area contributed by atoms with Crippen LogP contribution in [-0.4, -0.2) is 11.3 Å². The van der Waals surface area contributed by atoms with E-state index in [1.54, 1.807) is 6.07 Å². The van der Waals surface area contributed by atoms with Crippen molar-refractivity contribution in [1.29, 1.82) is 0 Å². The number of aromatic nitrogens is 1. The van der Waals surface area contributed by atoms with E-state index >= 15 is 35.1 Å². The van der Waals surface area contributed by atoms with Crippen LogP contribution in [0, 0.1) is 116 Å². The van der Waals surface area contributed by atoms with E-state index in [0.29, 0.717) is 5.75 Å². The summed E-state index contributed by atoms with van der Waals surface area (Å²) in [4.78, 5) is 0. The molecule has 0 aliphatic heterocycles. The standard InChI is InChI=1S/C24BF20.C16H13NO/c26-5-1(6(27)14(35)21(42)13(5)34)25(2-7(28)15(36)22(43)16(37)8(2)29,3-9(30)17(38)23(44)18(39)10(3)31)4-11(32)19(40)24(45)20(41)12(4)33;18-15-10-4-8-14-9-5-11-17(16(14)15)12-13-6-2-1-3-7-13/h;1-11H,12H2/q-1;/p+1. The SMILES string of the molecule is Fc1c(F)c(F)c([B-](c2c(F)c(F)c(F)c(F)c2F)(c2c(F)c(F)c(F)c(F)c2F)c2c(F)c(F)c(F)c(F)c2F)c(F)c1F.Oc1cccc2ccc[n+](Cc3ccccc3)c12. The minimum absolute atomic E-state index is 0.323. The van der Waals surface area contributed by atoms with Gasteiger partial charge >= 0.3 is 0 Å². The van der Waals surface area contributed by atoms with E-state index in [-0.39, 0.29) is 0 Å². The number of hydrogen-bond acceptors (Lipinski definition) is 1. The zero-order valence-electron chi connectivity index (χ0n) is 30.1. The van der Waals surface area contributed by atoms with Gasteiger partial charge in [-0.05, 0) is 18.2 Å². The van der Waals surface area contributed by atoms with Crippen molar-refractivity contribution in [2.75, 3.05) is 0 Å². The second kappa shape index (κ2) is 16.8. The minimum Gasteiger partial charge on any atom is -0.502 e. The molecule has 6 aromatic carbocycles. The van der Waals surface area contributed by atoms with E-state index in [9.17, 15) is 57.8 Å². The summed E-state index contributed by atoms with van der Waals surface area (Å²) in [5.41, 5.74) is -12.2. The van der Waals surface area contributed by atoms with Crippen molar-refractivity contribution in [3.8, 4) is 5.75 Å². The first-order valence-electron chi connectivity index (χ1n) is 16.9. The molecular formula is C40H14BF20NO. The zero-order valence-corrected chi connectivity index (χ0v) is 30.1. The number of hydrogen-bond donors (Lipinski definition) is 1. The van der Waals surface area contributed by atoms with Crippen LogP contribution in [0.25, 0.3) is 10.9 Å². The van der Waals surface area contributed by atoms with E-state index < -0.39 is 144 Å². The highest BCUT2D eigenvalue weighted by molar-refractivity contribution is 7.20. The molecule has 1 aromatic heterocycles. The van der Waals surface area contributed by atoms with Gasteiger partial charge in [0.25, 0.3) is 5.52 Å². The summed E-state index contributed by atoms with van der Waals surface area (Å²) in [6.45, 7) is 0.760. The third-order valence-corrected chi connectivity index (χ3v) is 9.78. The normalized spacial score (nSPS) is 11.6. The lowest BCUT2D eigenvalue weighted by Gasteiger charge is -2.44. The van der Waals surface area contributed by atoms with Gasteiger partial charge < -0.3 is 5.11 Å². The Morgan fingerprint density at radius 2 is 0.619 bits per heavy atom. The molecular weight excluding hydrogens is 901 g/mol. The molecule has 7 rings (SSSR count). The highest BCUT2D eigenvalue weighted by Gasteiger charge is 2.52. The fourth-order valence-corrected chi connectivity index (χ4v) is 7.11. The van der Waals surface area contributed by atoms with Gasteiger partial charge in [-0.2, -0.15) is 4.57 Å². The number of phenolic OH excluding ortho intramolecular Hbond substituents is 1. The molecule has 0 radical (unpaired) electrons. The third-order valence-electron chi connectivity index (χ3n) is 9.78. The molecule has 0 atom stereocenters. The van der Waals surface area contributed by atoms with Gasteiger partial charge in [-0.15, -0.1) is 21.9 Å². The average molecular weight is 915 g/mol. The van der Waals surface area contributed by atoms with Crippen molar-refractivity contribution < 1.29 is 97.5 Å². The van der Waals surface area contributed by atoms with Crippen molar-refractivity contribution in [2.45, 2.75) is 6.54 Å². The summed E-state index contributed by atoms with van der Waals surface area (Å²) >= 11 is 0. The lowest BCUT2D eigenvalue weighted by atomic mass is 9.12. The van der Waals surface area contributed by atoms with E-state index in [1.807, 2.05) is 48.7 Å². The number of halogens is 20. The quantitative estimate of drug-likeness (QED) is 0.0584. The summed E-state index contributed by atoms with van der Waals surface area (Å²) in [6.07, 6.45) is -5.22. The van der Waals surface area contributed by atoms with Gasteiger partial charge in [-0.25, -0.2) is 87.8 Å². The van der Waals surface area contributed by atoms with Crippen molar-refractivity contribution in [3.05, 3.63) is 189 Å². The lowest BCUT2D eigenvalue weighted by molar-refractivity contribution is -0.662. The lowest BCUT2D eigenvalue weighted by Crippen LogP contribution is -2.81. The Labute approximate surface area is 337 Å². The first-order valence-corrected chi connectivity index (χ1v) is 16.9. The van der Waals surface area contributed by atoms with Gasteiger partial charge in [0.15, 0.2) is 88.3 Å². The molecule has 0 aliphatic carbocycles. The van der Waals surface area contributed by atoms with Crippen molar-refractivity contribution in [3.63, 3.8) is 0 Å². The van der Waals surface area contributed by atoms with Crippen molar-refractivity contribution in [2.24, 2.45) is 0 Å². The van der Waals surface area contributed by atoms with E-state index in [2.05, 4.69) is 16.7 Å². The molecule has 0 saturated carbocycles. The molecule has 63 heavy (non-hydrogen) atoms. The Kier molecular flexibility index (Phi) is 12.2. The number of rotatable bonds is 6. The van der Waals surface area contributed by atoms with Gasteiger partial charge in [0, 0.05) is 11.6 Å². The Morgan fingerprint density at radius 1 is 0.333 bits per heavy atom. The van der Waals surface area contributed by atoms with Crippen molar-refractivity contribution >= 4 is 38.9 Å². The number of para-hydroxylation sites is 1. The molecule has 0 spiro atoms. The van der Waals surface area contributed by atoms with Crippen LogP contribution in [0.2, 0.25) is 0 Å². The zero-order chi connectivity index (χ0) is 46.7. The summed E-state index contributed by atoms with van der Waals surface area (Å²) in [7, 11) is 0. The van der Waals surface area contributed by atoms with Crippen LogP contribution in [0.3, 0.4) is 0 Å². The first-order chi connectivity index (χ1) is 29.5. The predicted octanol–water partition coefficient (Wildman–Crippen LogP) is 8.73. The summed E-state index contributed by atoms with van der Waals surface area (Å²) in [5.74, 6) is -71.1. The highest BCUT2D eigenvalue weighted by Crippen LogP contribution is 2.31. The summed E-state index contributed by atoms with van der Waals surface area (Å²) < 4.78 is 296. The monoisotopic (exact) mass is 915 g/mol. The van der Waals surface area contributed by atoms with Crippen LogP contribution in [0.4, 0.5) is 87.8 Å². The largest absolute Gasteiger partial charge is 0.502 e. The minimum atomic E-state index is -7.22. The molecule has 0 fully saturated rings. The van der Waals surface area contributed by atoms with E-state index in [4.69, 9.17) is 0 Å². The summed E-state index contributed by atoms with van der Waals surface area (Å²) in [6, 6.07) is 19.9. The van der Waals surface area contributed by atoms with Gasteiger partial charge in [-0.1, -0.05) is 36.4 Å². The molecule has 0 unspecified atom stereocenters. The smallest absolute Gasteiger partial charge is 0.254 e. The Balaban J connectivity index is 0.000000302. The molecule has 0 bridgehead atoms. The van der Waals surface area contributed by atoms with Crippen LogP contribution in [-0.2, 0) is 6.54 Å². The number of nitrogens with zero attached hydrogens (tertiary/aromatic N) is 1.